The van der Waals surface area contributed by atoms with E-state index in [4.69, 9.17) is 12.8 Å². The Labute approximate surface area is 227 Å². The monoisotopic (exact) mass is 494 g/mol. The predicted octanol–water partition coefficient (Wildman–Crippen LogP) is 9.18. The van der Waals surface area contributed by atoms with Crippen molar-refractivity contribution < 1.29 is 0 Å². The summed E-state index contributed by atoms with van der Waals surface area (Å²) in [5.41, 5.74) is 4.08. The minimum atomic E-state index is 0.191. The highest BCUT2D eigenvalue weighted by atomic mass is 14.8. The summed E-state index contributed by atoms with van der Waals surface area (Å²) in [7, 11) is 0. The molecule has 12 rings (SSSR count). The Kier molecular flexibility index (Phi) is 3.75. The van der Waals surface area contributed by atoms with Crippen LogP contribution in [-0.2, 0) is 0 Å². The lowest BCUT2D eigenvalue weighted by Gasteiger charge is -2.80. The zero-order valence-corrected chi connectivity index (χ0v) is 24.1. The maximum Gasteiger partial charge on any atom is 0.0328 e. The molecule has 0 aromatic carbocycles. The van der Waals surface area contributed by atoms with E-state index in [9.17, 15) is 0 Å². The minimum absolute atomic E-state index is 0.191. The smallest absolute Gasteiger partial charge is 0.0328 e. The zero-order valence-electron chi connectivity index (χ0n) is 24.1. The highest BCUT2D eigenvalue weighted by Crippen LogP contribution is 2.86. The van der Waals surface area contributed by atoms with E-state index in [1.165, 1.54) is 77.0 Å². The maximum absolute atomic E-state index is 6.50. The van der Waals surface area contributed by atoms with Crippen LogP contribution >= 0.6 is 0 Å². The molecule has 0 aromatic heterocycles. The molecule has 0 N–H and O–H groups in total. The molecule has 0 heterocycles. The van der Waals surface area contributed by atoms with Gasteiger partial charge in [-0.1, -0.05) is 32.6 Å². The topological polar surface area (TPSA) is 0 Å². The van der Waals surface area contributed by atoms with Crippen LogP contribution in [0.25, 0.3) is 0 Å². The fraction of sp³-hybridized carbons (Fsp3) is 0.892. The molecule has 8 atom stereocenters. The van der Waals surface area contributed by atoms with Crippen LogP contribution in [0.3, 0.4) is 0 Å². The molecule has 0 amide bonds. The van der Waals surface area contributed by atoms with Gasteiger partial charge in [0, 0.05) is 10.8 Å². The largest absolute Gasteiger partial charge is 0.120 e. The lowest BCUT2D eigenvalue weighted by atomic mass is 9.24. The van der Waals surface area contributed by atoms with E-state index in [1.54, 1.807) is 38.5 Å². The van der Waals surface area contributed by atoms with Crippen molar-refractivity contribution in [1.29, 1.82) is 0 Å². The van der Waals surface area contributed by atoms with Crippen molar-refractivity contribution in [2.75, 3.05) is 0 Å². The molecule has 0 saturated heterocycles. The van der Waals surface area contributed by atoms with Crippen molar-refractivity contribution in [2.45, 2.75) is 136 Å². The Bertz CT molecular complexity index is 1160. The fourth-order valence-corrected chi connectivity index (χ4v) is 17.6. The minimum Gasteiger partial charge on any atom is -0.120 e. The maximum atomic E-state index is 6.50. The van der Waals surface area contributed by atoms with Gasteiger partial charge in [-0.25, -0.2) is 0 Å². The van der Waals surface area contributed by atoms with Crippen molar-refractivity contribution in [3.63, 3.8) is 0 Å². The Morgan fingerprint density at radius 1 is 0.432 bits per heavy atom. The summed E-state index contributed by atoms with van der Waals surface area (Å²) in [6.45, 7) is 7.99. The average Bonchev–Trinajstić information content (AvgIpc) is 2.74. The number of terminal acetylenes is 2. The van der Waals surface area contributed by atoms with Gasteiger partial charge in [-0.2, -0.15) is 0 Å². The summed E-state index contributed by atoms with van der Waals surface area (Å²) in [6.07, 6.45) is 39.3. The van der Waals surface area contributed by atoms with Crippen molar-refractivity contribution >= 4 is 0 Å². The first kappa shape index (κ1) is 22.9. The standard InChI is InChI=1S/C37H50/c1-6-32-10-28-9-29(3,17-32)20-36(15-28,23-32)34-11-26-8-27(12-34)14-35(13-26,25-34)37-21-30(4)16-31(5,22-37)19-33(7-2,18-30)24-37/h1-2,26-28H,8-25H2,3-5H3. The Balaban J connectivity index is 1.19. The van der Waals surface area contributed by atoms with Crippen molar-refractivity contribution in [3.8, 4) is 24.7 Å². The third-order valence-electron chi connectivity index (χ3n) is 15.9. The van der Waals surface area contributed by atoms with Crippen LogP contribution in [0.1, 0.15) is 136 Å². The predicted molar refractivity (Wildman–Crippen MR) is 150 cm³/mol. The second-order valence-electron chi connectivity index (χ2n) is 19.4. The second kappa shape index (κ2) is 6.06. The Morgan fingerprint density at radius 2 is 0.946 bits per heavy atom. The number of hydrogen-bond acceptors (Lipinski definition) is 0. The first-order valence-electron chi connectivity index (χ1n) is 16.3. The molecule has 12 aliphatic rings. The molecule has 12 saturated carbocycles. The molecule has 0 heteroatoms. The first-order valence-corrected chi connectivity index (χ1v) is 16.3. The van der Waals surface area contributed by atoms with Crippen LogP contribution in [0.15, 0.2) is 0 Å². The fourth-order valence-electron chi connectivity index (χ4n) is 17.6. The van der Waals surface area contributed by atoms with Crippen LogP contribution in [0.5, 0.6) is 0 Å². The summed E-state index contributed by atoms with van der Waals surface area (Å²) >= 11 is 0. The molecule has 37 heavy (non-hydrogen) atoms. The highest BCUT2D eigenvalue weighted by Gasteiger charge is 2.77. The van der Waals surface area contributed by atoms with Gasteiger partial charge in [0.15, 0.2) is 0 Å². The average molecular weight is 495 g/mol. The van der Waals surface area contributed by atoms with Crippen LogP contribution in [0.2, 0.25) is 0 Å². The molecule has 0 aromatic rings. The number of hydrogen-bond donors (Lipinski definition) is 0. The van der Waals surface area contributed by atoms with Gasteiger partial charge in [-0.05, 0) is 171 Å². The number of rotatable bonds is 2. The lowest BCUT2D eigenvalue weighted by Crippen LogP contribution is -2.71. The van der Waals surface area contributed by atoms with Gasteiger partial charge < -0.3 is 0 Å². The third kappa shape index (κ3) is 2.58. The van der Waals surface area contributed by atoms with Crippen LogP contribution < -0.4 is 0 Å². The summed E-state index contributed by atoms with van der Waals surface area (Å²) in [5.74, 6) is 9.92. The molecule has 198 valence electrons. The third-order valence-corrected chi connectivity index (χ3v) is 15.9. The molecule has 12 fully saturated rings. The Morgan fingerprint density at radius 3 is 1.54 bits per heavy atom. The summed E-state index contributed by atoms with van der Waals surface area (Å²) in [6, 6.07) is 0. The molecule has 8 unspecified atom stereocenters. The van der Waals surface area contributed by atoms with Gasteiger partial charge in [-0.15, -0.1) is 12.8 Å². The van der Waals surface area contributed by atoms with E-state index < -0.39 is 0 Å². The molecule has 0 radical (unpaired) electrons. The molecule has 0 nitrogen and oxygen atoms in total. The Hall–Kier alpha value is -0.880. The normalized spacial score (nSPS) is 67.6. The van der Waals surface area contributed by atoms with E-state index in [0.29, 0.717) is 37.9 Å². The second-order valence-corrected chi connectivity index (χ2v) is 19.4. The molecular formula is C37H50. The van der Waals surface area contributed by atoms with E-state index in [1.807, 2.05) is 0 Å². The van der Waals surface area contributed by atoms with Crippen LogP contribution in [0, 0.1) is 91.2 Å². The van der Waals surface area contributed by atoms with Gasteiger partial charge in [-0.3, -0.25) is 0 Å². The summed E-state index contributed by atoms with van der Waals surface area (Å²) in [5, 5.41) is 0. The van der Waals surface area contributed by atoms with Gasteiger partial charge in [0.1, 0.15) is 0 Å². The molecule has 0 spiro atoms. The zero-order chi connectivity index (χ0) is 25.4. The van der Waals surface area contributed by atoms with Gasteiger partial charge in [0.25, 0.3) is 0 Å². The van der Waals surface area contributed by atoms with Crippen molar-refractivity contribution in [2.24, 2.45) is 66.5 Å². The van der Waals surface area contributed by atoms with E-state index in [0.717, 1.165) is 17.8 Å². The van der Waals surface area contributed by atoms with E-state index in [-0.39, 0.29) is 10.8 Å². The first-order chi connectivity index (χ1) is 17.3. The molecule has 0 aliphatic heterocycles. The van der Waals surface area contributed by atoms with E-state index in [2.05, 4.69) is 32.6 Å². The van der Waals surface area contributed by atoms with Crippen molar-refractivity contribution in [1.82, 2.24) is 0 Å². The van der Waals surface area contributed by atoms with Crippen LogP contribution in [-0.4, -0.2) is 0 Å². The summed E-state index contributed by atoms with van der Waals surface area (Å²) < 4.78 is 0. The summed E-state index contributed by atoms with van der Waals surface area (Å²) in [4.78, 5) is 0. The lowest BCUT2D eigenvalue weighted by molar-refractivity contribution is -0.297. The highest BCUT2D eigenvalue weighted by molar-refractivity contribution is 5.30. The SMILES string of the molecule is C#CC12CC3CC(C)(C1)CC(C14CC5CC(C1)CC(C16CC7(C)CC(C)(CC(C#C)(C7)C1)C6)(C5)C4)(C3)C2. The van der Waals surface area contributed by atoms with Crippen LogP contribution in [0.4, 0.5) is 0 Å². The van der Waals surface area contributed by atoms with Crippen molar-refractivity contribution in [3.05, 3.63) is 0 Å². The van der Waals surface area contributed by atoms with E-state index >= 15 is 0 Å². The quantitative estimate of drug-likeness (QED) is 0.336. The molecule has 12 bridgehead atoms. The molecular weight excluding hydrogens is 444 g/mol. The van der Waals surface area contributed by atoms with Gasteiger partial charge >= 0.3 is 0 Å². The van der Waals surface area contributed by atoms with Gasteiger partial charge in [0.05, 0.1) is 0 Å². The van der Waals surface area contributed by atoms with Gasteiger partial charge in [0.2, 0.25) is 0 Å². The molecule has 12 aliphatic carbocycles.